The van der Waals surface area contributed by atoms with Crippen LogP contribution in [0.3, 0.4) is 0 Å². The maximum absolute atomic E-state index is 8.48. The Kier molecular flexibility index (Phi) is 14.8. The first-order valence-corrected chi connectivity index (χ1v) is 9.02. The minimum atomic E-state index is -3.37. The molecule has 1 aromatic rings. The number of hydrogen-bond donors (Lipinski definition) is 1. The van der Waals surface area contributed by atoms with Crippen molar-refractivity contribution in [3.05, 3.63) is 30.6 Å². The van der Waals surface area contributed by atoms with Crippen molar-refractivity contribution in [3.63, 3.8) is 0 Å². The number of pyridine rings is 1. The first-order valence-electron chi connectivity index (χ1n) is 7.92. The number of rotatable bonds is 10. The van der Waals surface area contributed by atoms with Gasteiger partial charge in [-0.1, -0.05) is 57.9 Å². The first-order chi connectivity index (χ1) is 10.2. The second-order valence-electron chi connectivity index (χ2n) is 5.17. The zero-order valence-electron chi connectivity index (χ0n) is 13.1. The summed E-state index contributed by atoms with van der Waals surface area (Å²) in [6.45, 7) is 3.46. The molecule has 0 N–H and O–H groups in total. The zero-order valence-corrected chi connectivity index (χ0v) is 14.0. The van der Waals surface area contributed by atoms with E-state index in [1.54, 1.807) is 0 Å². The van der Waals surface area contributed by atoms with E-state index in [4.69, 9.17) is 13.0 Å². The maximum Gasteiger partial charge on any atom is 0.168 e. The molecule has 1 heterocycles. The number of thiol groups is 1. The highest BCUT2D eigenvalue weighted by atomic mass is 32.2. The minimum Gasteiger partial charge on any atom is -0.750 e. The first kappa shape index (κ1) is 20.1. The van der Waals surface area contributed by atoms with E-state index >= 15 is 0 Å². The summed E-state index contributed by atoms with van der Waals surface area (Å²) < 4.78 is 27.7. The maximum atomic E-state index is 8.48. The van der Waals surface area contributed by atoms with Gasteiger partial charge in [0.1, 0.15) is 6.54 Å². The fourth-order valence-electron chi connectivity index (χ4n) is 2.19. The summed E-state index contributed by atoms with van der Waals surface area (Å²) in [6.07, 6.45) is 17.0. The van der Waals surface area contributed by atoms with Crippen molar-refractivity contribution in [2.75, 3.05) is 0 Å². The predicted molar refractivity (Wildman–Crippen MR) is 85.0 cm³/mol. The Morgan fingerprint density at radius 3 is 1.71 bits per heavy atom. The summed E-state index contributed by atoms with van der Waals surface area (Å²) in [5, 5.41) is 0. The third kappa shape index (κ3) is 17.0. The molecule has 21 heavy (non-hydrogen) atoms. The van der Waals surface area contributed by atoms with Gasteiger partial charge in [-0.15, -0.1) is 0 Å². The van der Waals surface area contributed by atoms with E-state index in [1.165, 1.54) is 64.3 Å². The van der Waals surface area contributed by atoms with Crippen molar-refractivity contribution in [1.29, 1.82) is 0 Å². The Hall–Kier alpha value is -0.940. The second kappa shape index (κ2) is 15.4. The van der Waals surface area contributed by atoms with Gasteiger partial charge < -0.3 is 4.55 Å². The molecule has 1 rings (SSSR count). The molecule has 1 aromatic heterocycles. The van der Waals surface area contributed by atoms with Crippen molar-refractivity contribution < 1.29 is 17.5 Å². The van der Waals surface area contributed by atoms with Crippen LogP contribution in [0, 0.1) is 0 Å². The molecular weight excluding hydrogens is 286 g/mol. The Morgan fingerprint density at radius 1 is 0.810 bits per heavy atom. The number of hydrogen-bond acceptors (Lipinski definition) is 3. The van der Waals surface area contributed by atoms with Crippen LogP contribution in [0.4, 0.5) is 0 Å². The zero-order chi connectivity index (χ0) is 15.8. The summed E-state index contributed by atoms with van der Waals surface area (Å²) in [5.41, 5.74) is 0. The Morgan fingerprint density at radius 2 is 1.24 bits per heavy atom. The molecule has 0 radical (unpaired) electrons. The quantitative estimate of drug-likeness (QED) is 0.312. The lowest BCUT2D eigenvalue weighted by atomic mass is 10.1. The van der Waals surface area contributed by atoms with Crippen LogP contribution in [0.25, 0.3) is 0 Å². The lowest BCUT2D eigenvalue weighted by molar-refractivity contribution is -0.697. The van der Waals surface area contributed by atoms with Gasteiger partial charge >= 0.3 is 0 Å². The summed E-state index contributed by atoms with van der Waals surface area (Å²) in [7, 11) is -3.37. The predicted octanol–water partition coefficient (Wildman–Crippen LogP) is 3.23. The molecule has 0 aliphatic heterocycles. The van der Waals surface area contributed by atoms with E-state index in [0.29, 0.717) is 0 Å². The topological polar surface area (TPSA) is 61.1 Å². The molecule has 0 spiro atoms. The largest absolute Gasteiger partial charge is 0.750 e. The van der Waals surface area contributed by atoms with E-state index in [2.05, 4.69) is 42.1 Å². The molecule has 0 bridgehead atoms. The van der Waals surface area contributed by atoms with E-state index in [1.807, 2.05) is 0 Å². The van der Waals surface area contributed by atoms with Gasteiger partial charge in [-0.3, -0.25) is 0 Å². The van der Waals surface area contributed by atoms with Crippen LogP contribution in [0.1, 0.15) is 64.7 Å². The monoisotopic (exact) mass is 315 g/mol. The smallest absolute Gasteiger partial charge is 0.168 e. The fraction of sp³-hybridized carbons (Fsp3) is 0.688. The third-order valence-electron chi connectivity index (χ3n) is 3.30. The van der Waals surface area contributed by atoms with Crippen molar-refractivity contribution in [3.8, 4) is 0 Å². The van der Waals surface area contributed by atoms with E-state index in [9.17, 15) is 0 Å². The Bertz CT molecular complexity index is 386. The van der Waals surface area contributed by atoms with E-state index in [-0.39, 0.29) is 0 Å². The summed E-state index contributed by atoms with van der Waals surface area (Å²) in [5.74, 6) is 0. The molecule has 0 amide bonds. The molecule has 0 aliphatic rings. The van der Waals surface area contributed by atoms with Gasteiger partial charge in [0.25, 0.3) is 0 Å². The lowest BCUT2D eigenvalue weighted by Gasteiger charge is -2.00. The van der Waals surface area contributed by atoms with Crippen LogP contribution in [0.15, 0.2) is 30.6 Å². The van der Waals surface area contributed by atoms with Crippen LogP contribution >= 0.6 is 0 Å². The van der Waals surface area contributed by atoms with Gasteiger partial charge in [-0.25, -0.2) is 13.0 Å². The standard InChI is InChI=1S/C16H28N.H2O3S/c1-2-3-4-5-6-7-8-9-11-14-17-15-12-10-13-16-17;1-4(2)3/h10,12-13,15-16H,2-9,11,14H2,1H3;4H,(H,1,2,3)/q+1;/p-1. The summed E-state index contributed by atoms with van der Waals surface area (Å²) in [4.78, 5) is 0. The number of nitrogens with zero attached hydrogens (tertiary/aromatic N) is 1. The molecule has 122 valence electrons. The van der Waals surface area contributed by atoms with Crippen molar-refractivity contribution in [2.45, 2.75) is 71.3 Å². The van der Waals surface area contributed by atoms with Crippen LogP contribution in [-0.4, -0.2) is 13.0 Å². The van der Waals surface area contributed by atoms with Crippen LogP contribution in [0.2, 0.25) is 0 Å². The number of aromatic nitrogens is 1. The molecule has 0 aromatic carbocycles. The Balaban J connectivity index is 0.000000885. The van der Waals surface area contributed by atoms with Crippen LogP contribution in [-0.2, 0) is 17.5 Å². The molecular formula is C16H29NO3S. The Labute approximate surface area is 131 Å². The third-order valence-corrected chi connectivity index (χ3v) is 3.30. The SMILES string of the molecule is CCCCCCCCCCC[n+]1ccccc1.O=[SH](=O)[O-]. The van der Waals surface area contributed by atoms with Gasteiger partial charge in [0.15, 0.2) is 12.4 Å². The number of unbranched alkanes of at least 4 members (excludes halogenated alkanes) is 8. The molecule has 0 atom stereocenters. The minimum absolute atomic E-state index is 1.18. The van der Waals surface area contributed by atoms with Gasteiger partial charge in [-0.05, 0) is 6.42 Å². The van der Waals surface area contributed by atoms with Gasteiger partial charge in [0, 0.05) is 18.6 Å². The fourth-order valence-corrected chi connectivity index (χ4v) is 2.19. The van der Waals surface area contributed by atoms with E-state index < -0.39 is 11.0 Å². The van der Waals surface area contributed by atoms with Crippen LogP contribution < -0.4 is 4.57 Å². The molecule has 4 nitrogen and oxygen atoms in total. The normalized spacial score (nSPS) is 10.2. The highest BCUT2D eigenvalue weighted by Gasteiger charge is 1.97. The molecule has 0 saturated heterocycles. The van der Waals surface area contributed by atoms with Gasteiger partial charge in [-0.2, -0.15) is 0 Å². The highest BCUT2D eigenvalue weighted by Crippen LogP contribution is 2.09. The lowest BCUT2D eigenvalue weighted by Crippen LogP contribution is -2.32. The average molecular weight is 315 g/mol. The van der Waals surface area contributed by atoms with Gasteiger partial charge in [0.05, 0.1) is 11.0 Å². The highest BCUT2D eigenvalue weighted by molar-refractivity contribution is 7.66. The summed E-state index contributed by atoms with van der Waals surface area (Å²) in [6, 6.07) is 6.29. The van der Waals surface area contributed by atoms with Crippen molar-refractivity contribution in [1.82, 2.24) is 0 Å². The van der Waals surface area contributed by atoms with Crippen molar-refractivity contribution in [2.24, 2.45) is 0 Å². The second-order valence-corrected chi connectivity index (χ2v) is 5.61. The molecule has 5 heteroatoms. The molecule has 0 saturated carbocycles. The summed E-state index contributed by atoms with van der Waals surface area (Å²) >= 11 is 0. The molecule has 0 aliphatic carbocycles. The van der Waals surface area contributed by atoms with Crippen molar-refractivity contribution >= 4 is 11.0 Å². The van der Waals surface area contributed by atoms with E-state index in [0.717, 1.165) is 0 Å². The van der Waals surface area contributed by atoms with Crippen LogP contribution in [0.5, 0.6) is 0 Å². The molecule has 0 fully saturated rings. The average Bonchev–Trinajstić information content (AvgIpc) is 2.46. The molecule has 0 unspecified atom stereocenters. The number of aryl methyl sites for hydroxylation is 1. The van der Waals surface area contributed by atoms with Gasteiger partial charge in [0.2, 0.25) is 0 Å².